The molecule has 0 aliphatic rings. The van der Waals surface area contributed by atoms with Crippen LogP contribution < -0.4 is 14.4 Å². The molecule has 1 heterocycles. The summed E-state index contributed by atoms with van der Waals surface area (Å²) < 4.78 is 32.6. The van der Waals surface area contributed by atoms with E-state index in [1.807, 2.05) is 17.7 Å². The summed E-state index contributed by atoms with van der Waals surface area (Å²) in [7, 11) is -3.61. The fourth-order valence-corrected chi connectivity index (χ4v) is 3.24. The quantitative estimate of drug-likeness (QED) is 0.626. The third-order valence-electron chi connectivity index (χ3n) is 3.58. The Hall–Kier alpha value is -2.55. The number of anilines is 1. The standard InChI is InChI=1S/C17H24N4O4S/c1-3-25-16-7-4-6-15(12-16)21(26(2,23)24)13-17(22)19-8-5-10-20-11-9-18-14-20/h4,6-7,9,11-12,14H,3,5,8,10,13H2,1-2H3,(H,19,22). The first-order chi connectivity index (χ1) is 12.4. The van der Waals surface area contributed by atoms with Crippen LogP contribution in [0.25, 0.3) is 0 Å². The number of nitrogens with one attached hydrogen (secondary N) is 1. The van der Waals surface area contributed by atoms with E-state index >= 15 is 0 Å². The second-order valence-corrected chi connectivity index (χ2v) is 7.61. The van der Waals surface area contributed by atoms with Gasteiger partial charge in [-0.15, -0.1) is 0 Å². The van der Waals surface area contributed by atoms with Crippen LogP contribution in [-0.2, 0) is 21.4 Å². The number of benzene rings is 1. The molecule has 0 aliphatic carbocycles. The fourth-order valence-electron chi connectivity index (χ4n) is 2.39. The van der Waals surface area contributed by atoms with Crippen molar-refractivity contribution in [1.82, 2.24) is 14.9 Å². The Morgan fingerprint density at radius 3 is 2.85 bits per heavy atom. The van der Waals surface area contributed by atoms with Crippen LogP contribution in [0, 0.1) is 0 Å². The molecule has 142 valence electrons. The maximum Gasteiger partial charge on any atom is 0.240 e. The van der Waals surface area contributed by atoms with Gasteiger partial charge in [0.25, 0.3) is 0 Å². The van der Waals surface area contributed by atoms with E-state index < -0.39 is 10.0 Å². The molecule has 1 amide bonds. The van der Waals surface area contributed by atoms with E-state index in [4.69, 9.17) is 4.74 Å². The molecule has 1 aromatic carbocycles. The van der Waals surface area contributed by atoms with Crippen molar-refractivity contribution >= 4 is 21.6 Å². The van der Waals surface area contributed by atoms with Crippen LogP contribution in [-0.4, -0.2) is 49.8 Å². The van der Waals surface area contributed by atoms with Crippen molar-refractivity contribution in [3.63, 3.8) is 0 Å². The first-order valence-electron chi connectivity index (χ1n) is 8.33. The zero-order valence-electron chi connectivity index (χ0n) is 15.0. The largest absolute Gasteiger partial charge is 0.494 e. The summed E-state index contributed by atoms with van der Waals surface area (Å²) in [5.41, 5.74) is 0.395. The number of aromatic nitrogens is 2. The molecular weight excluding hydrogens is 356 g/mol. The summed E-state index contributed by atoms with van der Waals surface area (Å²) >= 11 is 0. The number of sulfonamides is 1. The molecule has 8 nitrogen and oxygen atoms in total. The first-order valence-corrected chi connectivity index (χ1v) is 10.2. The van der Waals surface area contributed by atoms with E-state index in [2.05, 4.69) is 10.3 Å². The van der Waals surface area contributed by atoms with Crippen LogP contribution >= 0.6 is 0 Å². The highest BCUT2D eigenvalue weighted by Gasteiger charge is 2.21. The van der Waals surface area contributed by atoms with Crippen LogP contribution in [0.2, 0.25) is 0 Å². The Bertz CT molecular complexity index is 806. The van der Waals surface area contributed by atoms with Gasteiger partial charge in [-0.05, 0) is 25.5 Å². The van der Waals surface area contributed by atoms with E-state index in [0.717, 1.165) is 23.5 Å². The lowest BCUT2D eigenvalue weighted by Crippen LogP contribution is -2.40. The van der Waals surface area contributed by atoms with Crippen molar-refractivity contribution in [3.05, 3.63) is 43.0 Å². The SMILES string of the molecule is CCOc1cccc(N(CC(=O)NCCCn2ccnc2)S(C)(=O)=O)c1. The minimum absolute atomic E-state index is 0.278. The van der Waals surface area contributed by atoms with Gasteiger partial charge in [0.15, 0.2) is 0 Å². The van der Waals surface area contributed by atoms with Gasteiger partial charge in [0, 0.05) is 31.5 Å². The van der Waals surface area contributed by atoms with Gasteiger partial charge in [-0.1, -0.05) is 6.07 Å². The maximum atomic E-state index is 12.2. The average molecular weight is 380 g/mol. The van der Waals surface area contributed by atoms with E-state index in [0.29, 0.717) is 24.6 Å². The van der Waals surface area contributed by atoms with Gasteiger partial charge in [-0.25, -0.2) is 13.4 Å². The van der Waals surface area contributed by atoms with Gasteiger partial charge in [-0.2, -0.15) is 0 Å². The summed E-state index contributed by atoms with van der Waals surface area (Å²) in [5.74, 6) is 0.197. The maximum absolute atomic E-state index is 12.2. The summed E-state index contributed by atoms with van der Waals surface area (Å²) in [6, 6.07) is 6.68. The Kier molecular flexibility index (Phi) is 7.02. The highest BCUT2D eigenvalue weighted by Crippen LogP contribution is 2.23. The second kappa shape index (κ2) is 9.23. The molecule has 0 radical (unpaired) electrons. The summed E-state index contributed by atoms with van der Waals surface area (Å²) in [5, 5.41) is 2.75. The summed E-state index contributed by atoms with van der Waals surface area (Å²) in [6.45, 7) is 3.22. The average Bonchev–Trinajstić information content (AvgIpc) is 3.09. The fraction of sp³-hybridized carbons (Fsp3) is 0.412. The predicted molar refractivity (Wildman–Crippen MR) is 99.7 cm³/mol. The van der Waals surface area contributed by atoms with Crippen molar-refractivity contribution in [1.29, 1.82) is 0 Å². The second-order valence-electron chi connectivity index (χ2n) is 5.70. The van der Waals surface area contributed by atoms with E-state index in [1.165, 1.54) is 0 Å². The molecule has 0 saturated heterocycles. The lowest BCUT2D eigenvalue weighted by Gasteiger charge is -2.22. The molecule has 0 bridgehead atoms. The van der Waals surface area contributed by atoms with Gasteiger partial charge < -0.3 is 14.6 Å². The monoisotopic (exact) mass is 380 g/mol. The number of aryl methyl sites for hydroxylation is 1. The zero-order valence-corrected chi connectivity index (χ0v) is 15.8. The molecule has 1 N–H and O–H groups in total. The summed E-state index contributed by atoms with van der Waals surface area (Å²) in [4.78, 5) is 16.1. The van der Waals surface area contributed by atoms with Gasteiger partial charge in [-0.3, -0.25) is 9.10 Å². The molecule has 2 rings (SSSR count). The third kappa shape index (κ3) is 6.07. The van der Waals surface area contributed by atoms with Gasteiger partial charge >= 0.3 is 0 Å². The number of amides is 1. The van der Waals surface area contributed by atoms with Gasteiger partial charge in [0.2, 0.25) is 15.9 Å². The number of imidazole rings is 1. The zero-order chi connectivity index (χ0) is 19.0. The molecule has 2 aromatic rings. The van der Waals surface area contributed by atoms with Crippen LogP contribution in [0.4, 0.5) is 5.69 Å². The number of hydrogen-bond donors (Lipinski definition) is 1. The van der Waals surface area contributed by atoms with E-state index in [-0.39, 0.29) is 12.5 Å². The smallest absolute Gasteiger partial charge is 0.240 e. The minimum Gasteiger partial charge on any atom is -0.494 e. The number of nitrogens with zero attached hydrogens (tertiary/aromatic N) is 3. The molecule has 0 unspecified atom stereocenters. The number of carbonyl (C=O) groups is 1. The minimum atomic E-state index is -3.61. The normalized spacial score (nSPS) is 11.2. The van der Waals surface area contributed by atoms with Gasteiger partial charge in [0.05, 0.1) is 24.9 Å². The van der Waals surface area contributed by atoms with Crippen molar-refractivity contribution in [2.75, 3.05) is 30.3 Å². The van der Waals surface area contributed by atoms with Crippen molar-refractivity contribution in [2.24, 2.45) is 0 Å². The van der Waals surface area contributed by atoms with Crippen LogP contribution in [0.3, 0.4) is 0 Å². The molecule has 1 aromatic heterocycles. The Balaban J connectivity index is 1.95. The van der Waals surface area contributed by atoms with Crippen LogP contribution in [0.1, 0.15) is 13.3 Å². The Morgan fingerprint density at radius 2 is 2.19 bits per heavy atom. The van der Waals surface area contributed by atoms with Crippen LogP contribution in [0.5, 0.6) is 5.75 Å². The summed E-state index contributed by atoms with van der Waals surface area (Å²) in [6.07, 6.45) is 7.05. The molecule has 0 spiro atoms. The number of rotatable bonds is 10. The van der Waals surface area contributed by atoms with E-state index in [1.54, 1.807) is 36.8 Å². The molecule has 9 heteroatoms. The first kappa shape index (κ1) is 19.8. The van der Waals surface area contributed by atoms with E-state index in [9.17, 15) is 13.2 Å². The molecule has 0 saturated carbocycles. The molecular formula is C17H24N4O4S. The molecule has 0 aliphatic heterocycles. The van der Waals surface area contributed by atoms with Crippen molar-refractivity contribution < 1.29 is 17.9 Å². The van der Waals surface area contributed by atoms with Crippen molar-refractivity contribution in [2.45, 2.75) is 19.9 Å². The van der Waals surface area contributed by atoms with Crippen molar-refractivity contribution in [3.8, 4) is 5.75 Å². The molecule has 0 atom stereocenters. The highest BCUT2D eigenvalue weighted by molar-refractivity contribution is 7.92. The Morgan fingerprint density at radius 1 is 1.38 bits per heavy atom. The number of carbonyl (C=O) groups excluding carboxylic acids is 1. The predicted octanol–water partition coefficient (Wildman–Crippen LogP) is 1.25. The lowest BCUT2D eigenvalue weighted by molar-refractivity contribution is -0.119. The number of ether oxygens (including phenoxy) is 1. The lowest BCUT2D eigenvalue weighted by atomic mass is 10.3. The van der Waals surface area contributed by atoms with Crippen LogP contribution in [0.15, 0.2) is 43.0 Å². The number of hydrogen-bond acceptors (Lipinski definition) is 5. The van der Waals surface area contributed by atoms with Gasteiger partial charge in [0.1, 0.15) is 12.3 Å². The molecule has 0 fully saturated rings. The Labute approximate surface area is 153 Å². The highest BCUT2D eigenvalue weighted by atomic mass is 32.2. The third-order valence-corrected chi connectivity index (χ3v) is 4.72. The topological polar surface area (TPSA) is 93.5 Å². The molecule has 26 heavy (non-hydrogen) atoms.